The zero-order valence-electron chi connectivity index (χ0n) is 10.7. The van der Waals surface area contributed by atoms with Crippen molar-refractivity contribution in [2.24, 2.45) is 0 Å². The number of carbonyl (C=O) groups excluding carboxylic acids is 1. The van der Waals surface area contributed by atoms with Gasteiger partial charge in [0.2, 0.25) is 0 Å². The summed E-state index contributed by atoms with van der Waals surface area (Å²) in [4.78, 5) is 11.9. The smallest absolute Gasteiger partial charge is 0.251 e. The van der Waals surface area contributed by atoms with Gasteiger partial charge in [-0.2, -0.15) is 0 Å². The van der Waals surface area contributed by atoms with Crippen molar-refractivity contribution < 1.29 is 13.6 Å². The van der Waals surface area contributed by atoms with E-state index >= 15 is 0 Å². The summed E-state index contributed by atoms with van der Waals surface area (Å²) in [6.07, 6.45) is 0. The highest BCUT2D eigenvalue weighted by Crippen LogP contribution is 2.33. The number of amides is 1. The number of fused-ring (bicyclic) bond motifs is 1. The summed E-state index contributed by atoms with van der Waals surface area (Å²) in [7, 11) is 0. The quantitative estimate of drug-likeness (QED) is 0.881. The Morgan fingerprint density at radius 3 is 2.70 bits per heavy atom. The first-order valence-corrected chi connectivity index (χ1v) is 6.17. The average Bonchev–Trinajstić information content (AvgIpc) is 2.69. The Bertz CT molecular complexity index is 700. The molecule has 102 valence electrons. The number of anilines is 2. The van der Waals surface area contributed by atoms with Crippen LogP contribution in [-0.4, -0.2) is 5.91 Å². The van der Waals surface area contributed by atoms with Crippen LogP contribution in [-0.2, 0) is 4.79 Å². The van der Waals surface area contributed by atoms with Gasteiger partial charge in [-0.3, -0.25) is 4.79 Å². The second kappa shape index (κ2) is 4.59. The molecule has 1 aliphatic heterocycles. The molecule has 0 aromatic heterocycles. The van der Waals surface area contributed by atoms with Gasteiger partial charge in [0.25, 0.3) is 5.91 Å². The Balaban J connectivity index is 1.92. The third kappa shape index (κ3) is 2.11. The number of hydrogen-bond acceptors (Lipinski definition) is 2. The van der Waals surface area contributed by atoms with Crippen LogP contribution in [0.15, 0.2) is 36.4 Å². The molecule has 1 aliphatic rings. The lowest BCUT2D eigenvalue weighted by atomic mass is 10.1. The van der Waals surface area contributed by atoms with Gasteiger partial charge in [-0.05, 0) is 36.8 Å². The number of benzene rings is 2. The highest BCUT2D eigenvalue weighted by atomic mass is 19.1. The Hall–Kier alpha value is -2.43. The van der Waals surface area contributed by atoms with Crippen molar-refractivity contribution in [2.75, 3.05) is 10.6 Å². The third-order valence-electron chi connectivity index (χ3n) is 3.33. The number of rotatable bonds is 2. The molecule has 2 aromatic rings. The maximum Gasteiger partial charge on any atom is 0.251 e. The highest BCUT2D eigenvalue weighted by Gasteiger charge is 2.30. The van der Waals surface area contributed by atoms with Crippen LogP contribution in [0.3, 0.4) is 0 Å². The molecular formula is C15H12F2N2O. The number of halogens is 2. The second-order valence-corrected chi connectivity index (χ2v) is 4.76. The highest BCUT2D eigenvalue weighted by molar-refractivity contribution is 6.04. The molecule has 0 radical (unpaired) electrons. The van der Waals surface area contributed by atoms with Gasteiger partial charge in [0.1, 0.15) is 17.7 Å². The maximum absolute atomic E-state index is 13.5. The topological polar surface area (TPSA) is 41.1 Å². The van der Waals surface area contributed by atoms with E-state index in [1.165, 1.54) is 18.2 Å². The number of hydrogen-bond donors (Lipinski definition) is 2. The molecule has 0 saturated heterocycles. The Labute approximate surface area is 114 Å². The molecule has 20 heavy (non-hydrogen) atoms. The van der Waals surface area contributed by atoms with E-state index in [2.05, 4.69) is 10.6 Å². The lowest BCUT2D eigenvalue weighted by molar-refractivity contribution is -0.116. The van der Waals surface area contributed by atoms with E-state index in [0.717, 1.165) is 0 Å². The molecule has 0 aliphatic carbocycles. The van der Waals surface area contributed by atoms with Crippen molar-refractivity contribution in [2.45, 2.75) is 13.0 Å². The summed E-state index contributed by atoms with van der Waals surface area (Å²) in [6.45, 7) is 1.67. The number of aryl methyl sites for hydroxylation is 1. The van der Waals surface area contributed by atoms with Crippen molar-refractivity contribution in [1.29, 1.82) is 0 Å². The molecule has 1 unspecified atom stereocenters. The summed E-state index contributed by atoms with van der Waals surface area (Å²) in [6, 6.07) is 8.14. The molecule has 1 heterocycles. The van der Waals surface area contributed by atoms with E-state index in [0.29, 0.717) is 22.5 Å². The lowest BCUT2D eigenvalue weighted by Crippen LogP contribution is -2.19. The van der Waals surface area contributed by atoms with E-state index in [-0.39, 0.29) is 11.7 Å². The largest absolute Gasteiger partial charge is 0.370 e. The van der Waals surface area contributed by atoms with E-state index in [4.69, 9.17) is 0 Å². The van der Waals surface area contributed by atoms with Gasteiger partial charge in [0.15, 0.2) is 0 Å². The minimum Gasteiger partial charge on any atom is -0.370 e. The van der Waals surface area contributed by atoms with Gasteiger partial charge in [0.05, 0.1) is 0 Å². The first-order chi connectivity index (χ1) is 9.54. The van der Waals surface area contributed by atoms with Crippen LogP contribution in [0, 0.1) is 18.6 Å². The third-order valence-corrected chi connectivity index (χ3v) is 3.33. The molecule has 0 bridgehead atoms. The fourth-order valence-corrected chi connectivity index (χ4v) is 2.23. The fraction of sp³-hybridized carbons (Fsp3) is 0.133. The molecule has 0 fully saturated rings. The zero-order valence-corrected chi connectivity index (χ0v) is 10.7. The average molecular weight is 274 g/mol. The fourth-order valence-electron chi connectivity index (χ4n) is 2.23. The molecule has 1 atom stereocenters. The van der Waals surface area contributed by atoms with Gasteiger partial charge in [-0.15, -0.1) is 0 Å². The van der Waals surface area contributed by atoms with Crippen LogP contribution in [0.25, 0.3) is 0 Å². The first-order valence-electron chi connectivity index (χ1n) is 6.17. The summed E-state index contributed by atoms with van der Waals surface area (Å²) in [5.74, 6) is -1.04. The standard InChI is InChI=1S/C15H12F2N2O/c1-8-2-4-10(7-12(8)17)18-14-11-5-3-9(16)6-13(11)19-15(14)20/h2-7,14,18H,1H3,(H,19,20). The van der Waals surface area contributed by atoms with Crippen molar-refractivity contribution in [3.8, 4) is 0 Å². The van der Waals surface area contributed by atoms with Gasteiger partial charge in [-0.1, -0.05) is 12.1 Å². The Morgan fingerprint density at radius 2 is 1.95 bits per heavy atom. The van der Waals surface area contributed by atoms with Gasteiger partial charge in [-0.25, -0.2) is 8.78 Å². The monoisotopic (exact) mass is 274 g/mol. The number of nitrogens with one attached hydrogen (secondary N) is 2. The van der Waals surface area contributed by atoms with E-state index in [1.807, 2.05) is 0 Å². The lowest BCUT2D eigenvalue weighted by Gasteiger charge is -2.13. The minimum absolute atomic E-state index is 0.286. The van der Waals surface area contributed by atoms with Gasteiger partial charge in [0, 0.05) is 16.9 Å². The molecule has 3 rings (SSSR count). The summed E-state index contributed by atoms with van der Waals surface area (Å²) >= 11 is 0. The van der Waals surface area contributed by atoms with Crippen LogP contribution in [0.1, 0.15) is 17.2 Å². The van der Waals surface area contributed by atoms with Crippen molar-refractivity contribution in [3.63, 3.8) is 0 Å². The molecule has 0 spiro atoms. The maximum atomic E-state index is 13.5. The molecule has 3 nitrogen and oxygen atoms in total. The second-order valence-electron chi connectivity index (χ2n) is 4.76. The molecule has 1 amide bonds. The molecule has 0 saturated carbocycles. The SMILES string of the molecule is Cc1ccc(NC2C(=O)Nc3cc(F)ccc32)cc1F. The van der Waals surface area contributed by atoms with E-state index in [9.17, 15) is 13.6 Å². The van der Waals surface area contributed by atoms with Crippen LogP contribution in [0.5, 0.6) is 0 Å². The normalized spacial score (nSPS) is 16.8. The minimum atomic E-state index is -0.646. The zero-order chi connectivity index (χ0) is 14.3. The van der Waals surface area contributed by atoms with Crippen molar-refractivity contribution >= 4 is 17.3 Å². The van der Waals surface area contributed by atoms with Crippen LogP contribution < -0.4 is 10.6 Å². The molecule has 2 N–H and O–H groups in total. The van der Waals surface area contributed by atoms with Crippen molar-refractivity contribution in [3.05, 3.63) is 59.2 Å². The molecule has 2 aromatic carbocycles. The van der Waals surface area contributed by atoms with Gasteiger partial charge < -0.3 is 10.6 Å². The summed E-state index contributed by atoms with van der Waals surface area (Å²) < 4.78 is 26.6. The van der Waals surface area contributed by atoms with Crippen LogP contribution in [0.4, 0.5) is 20.2 Å². The van der Waals surface area contributed by atoms with Crippen LogP contribution in [0.2, 0.25) is 0 Å². The molecule has 5 heteroatoms. The first kappa shape index (κ1) is 12.6. The molecular weight excluding hydrogens is 262 g/mol. The Morgan fingerprint density at radius 1 is 1.15 bits per heavy atom. The predicted octanol–water partition coefficient (Wildman–Crippen LogP) is 3.38. The van der Waals surface area contributed by atoms with Gasteiger partial charge >= 0.3 is 0 Å². The summed E-state index contributed by atoms with van der Waals surface area (Å²) in [5, 5.41) is 5.56. The predicted molar refractivity (Wildman–Crippen MR) is 72.5 cm³/mol. The number of carbonyl (C=O) groups is 1. The van der Waals surface area contributed by atoms with Crippen LogP contribution >= 0.6 is 0 Å². The van der Waals surface area contributed by atoms with E-state index in [1.54, 1.807) is 25.1 Å². The van der Waals surface area contributed by atoms with Crippen molar-refractivity contribution in [1.82, 2.24) is 0 Å². The Kier molecular flexibility index (Phi) is 2.89. The van der Waals surface area contributed by atoms with E-state index < -0.39 is 11.9 Å². The summed E-state index contributed by atoms with van der Waals surface area (Å²) in [5.41, 5.74) is 2.14.